The van der Waals surface area contributed by atoms with Gasteiger partial charge in [-0.2, -0.15) is 0 Å². The van der Waals surface area contributed by atoms with E-state index in [0.717, 1.165) is 44.4 Å². The molecule has 0 saturated heterocycles. The summed E-state index contributed by atoms with van der Waals surface area (Å²) in [5.74, 6) is 1.84. The zero-order valence-corrected chi connectivity index (χ0v) is 15.9. The highest BCUT2D eigenvalue weighted by molar-refractivity contribution is 9.11. The van der Waals surface area contributed by atoms with E-state index in [1.165, 1.54) is 11.1 Å². The monoisotopic (exact) mass is 474 g/mol. The Morgan fingerprint density at radius 1 is 1.10 bits per heavy atom. The van der Waals surface area contributed by atoms with Crippen molar-refractivity contribution in [3.8, 4) is 11.5 Å². The van der Waals surface area contributed by atoms with Gasteiger partial charge < -0.3 is 9.47 Å². The number of ether oxygens (including phenoxy) is 2. The number of rotatable bonds is 4. The lowest BCUT2D eigenvalue weighted by atomic mass is 10.1. The van der Waals surface area contributed by atoms with Crippen LogP contribution < -0.4 is 9.47 Å². The number of fused-ring (bicyclic) bond motifs is 1. The Labute approximate surface area is 149 Å². The molecule has 1 heterocycles. The standard InChI is InChI=1S/C16H13Br3O2/c17-8-11-7-14(1-2-15(11)19)21-9-12-6-13(18)5-10-3-4-20-16(10)12/h1-2,5-7H,3-4,8-9H2. The fourth-order valence-electron chi connectivity index (χ4n) is 2.36. The van der Waals surface area contributed by atoms with Gasteiger partial charge in [0.1, 0.15) is 18.1 Å². The smallest absolute Gasteiger partial charge is 0.129 e. The van der Waals surface area contributed by atoms with E-state index < -0.39 is 0 Å². The average molecular weight is 477 g/mol. The molecule has 3 rings (SSSR count). The molecule has 0 unspecified atom stereocenters. The molecule has 2 aromatic rings. The quantitative estimate of drug-likeness (QED) is 0.533. The second-order valence-corrected chi connectivity index (χ2v) is 7.16. The Kier molecular flexibility index (Phi) is 4.92. The number of hydrogen-bond acceptors (Lipinski definition) is 2. The zero-order valence-electron chi connectivity index (χ0n) is 11.2. The van der Waals surface area contributed by atoms with E-state index in [-0.39, 0.29) is 0 Å². The summed E-state index contributed by atoms with van der Waals surface area (Å²) in [6.07, 6.45) is 0.966. The normalized spacial score (nSPS) is 12.9. The van der Waals surface area contributed by atoms with Crippen molar-refractivity contribution in [2.45, 2.75) is 18.4 Å². The highest BCUT2D eigenvalue weighted by Crippen LogP contribution is 2.34. The molecule has 2 nitrogen and oxygen atoms in total. The summed E-state index contributed by atoms with van der Waals surface area (Å²) in [6, 6.07) is 10.2. The van der Waals surface area contributed by atoms with E-state index in [9.17, 15) is 0 Å². The highest BCUT2D eigenvalue weighted by Gasteiger charge is 2.17. The predicted molar refractivity (Wildman–Crippen MR) is 94.4 cm³/mol. The number of halogens is 3. The second kappa shape index (κ2) is 6.71. The van der Waals surface area contributed by atoms with E-state index >= 15 is 0 Å². The maximum atomic E-state index is 5.93. The summed E-state index contributed by atoms with van der Waals surface area (Å²) in [5.41, 5.74) is 3.50. The molecular formula is C16H13Br3O2. The average Bonchev–Trinajstić information content (AvgIpc) is 2.94. The molecule has 110 valence electrons. The molecule has 1 aliphatic rings. The van der Waals surface area contributed by atoms with E-state index in [0.29, 0.717) is 6.61 Å². The van der Waals surface area contributed by atoms with Gasteiger partial charge in [-0.05, 0) is 41.5 Å². The molecule has 0 saturated carbocycles. The zero-order chi connectivity index (χ0) is 14.8. The maximum absolute atomic E-state index is 5.93. The molecule has 1 aliphatic heterocycles. The van der Waals surface area contributed by atoms with Crippen molar-refractivity contribution < 1.29 is 9.47 Å². The van der Waals surface area contributed by atoms with Gasteiger partial charge in [-0.3, -0.25) is 0 Å². The van der Waals surface area contributed by atoms with Crippen LogP contribution in [0.5, 0.6) is 11.5 Å². The molecule has 0 atom stereocenters. The Bertz CT molecular complexity index is 671. The van der Waals surface area contributed by atoms with Crippen LogP contribution in [0.25, 0.3) is 0 Å². The van der Waals surface area contributed by atoms with Crippen LogP contribution in [0.1, 0.15) is 16.7 Å². The van der Waals surface area contributed by atoms with Crippen molar-refractivity contribution in [3.63, 3.8) is 0 Å². The Morgan fingerprint density at radius 3 is 2.76 bits per heavy atom. The van der Waals surface area contributed by atoms with Gasteiger partial charge in [0.2, 0.25) is 0 Å². The van der Waals surface area contributed by atoms with Gasteiger partial charge in [-0.15, -0.1) is 0 Å². The summed E-state index contributed by atoms with van der Waals surface area (Å²) in [4.78, 5) is 0. The summed E-state index contributed by atoms with van der Waals surface area (Å²) in [7, 11) is 0. The van der Waals surface area contributed by atoms with Crippen molar-refractivity contribution >= 4 is 47.8 Å². The SMILES string of the molecule is BrCc1cc(OCc2cc(Br)cc3c2OCC3)ccc1Br. The van der Waals surface area contributed by atoms with Crippen molar-refractivity contribution in [3.05, 3.63) is 56.0 Å². The second-order valence-electron chi connectivity index (χ2n) is 4.83. The van der Waals surface area contributed by atoms with Gasteiger partial charge in [-0.1, -0.05) is 47.8 Å². The first kappa shape index (κ1) is 15.4. The molecule has 5 heteroatoms. The first-order valence-electron chi connectivity index (χ1n) is 6.58. The third-order valence-corrected chi connectivity index (χ3v) is 5.22. The molecule has 0 bridgehead atoms. The molecule has 0 fully saturated rings. The Hall–Kier alpha value is -0.520. The summed E-state index contributed by atoms with van der Waals surface area (Å²) in [6.45, 7) is 1.26. The third kappa shape index (κ3) is 3.46. The van der Waals surface area contributed by atoms with Gasteiger partial charge in [0.25, 0.3) is 0 Å². The van der Waals surface area contributed by atoms with Gasteiger partial charge in [0, 0.05) is 26.3 Å². The van der Waals surface area contributed by atoms with Crippen LogP contribution in [0, 0.1) is 0 Å². The molecule has 2 aromatic carbocycles. The molecule has 0 spiro atoms. The van der Waals surface area contributed by atoms with E-state index in [2.05, 4.69) is 59.9 Å². The van der Waals surface area contributed by atoms with Crippen molar-refractivity contribution in [2.75, 3.05) is 6.61 Å². The van der Waals surface area contributed by atoms with Crippen molar-refractivity contribution in [1.82, 2.24) is 0 Å². The minimum atomic E-state index is 0.505. The molecular weight excluding hydrogens is 464 g/mol. The van der Waals surface area contributed by atoms with E-state index in [4.69, 9.17) is 9.47 Å². The minimum Gasteiger partial charge on any atom is -0.493 e. The molecule has 0 amide bonds. The van der Waals surface area contributed by atoms with Crippen molar-refractivity contribution in [2.24, 2.45) is 0 Å². The van der Waals surface area contributed by atoms with Crippen LogP contribution in [0.15, 0.2) is 39.3 Å². The number of alkyl halides is 1. The van der Waals surface area contributed by atoms with E-state index in [1.807, 2.05) is 18.2 Å². The van der Waals surface area contributed by atoms with Gasteiger partial charge in [0.15, 0.2) is 0 Å². The fourth-order valence-corrected chi connectivity index (χ4v) is 4.14. The minimum absolute atomic E-state index is 0.505. The first-order chi connectivity index (χ1) is 10.2. The third-order valence-electron chi connectivity index (χ3n) is 3.38. The molecule has 0 N–H and O–H groups in total. The summed E-state index contributed by atoms with van der Waals surface area (Å²) < 4.78 is 13.8. The molecule has 0 aromatic heterocycles. The van der Waals surface area contributed by atoms with Gasteiger partial charge in [-0.25, -0.2) is 0 Å². The molecule has 0 aliphatic carbocycles. The predicted octanol–water partition coefficient (Wildman–Crippen LogP) is 5.62. The maximum Gasteiger partial charge on any atom is 0.129 e. The summed E-state index contributed by atoms with van der Waals surface area (Å²) in [5, 5.41) is 0.792. The molecule has 0 radical (unpaired) electrons. The van der Waals surface area contributed by atoms with Crippen LogP contribution >= 0.6 is 47.8 Å². The van der Waals surface area contributed by atoms with E-state index in [1.54, 1.807) is 0 Å². The van der Waals surface area contributed by atoms with Crippen molar-refractivity contribution in [1.29, 1.82) is 0 Å². The summed E-state index contributed by atoms with van der Waals surface area (Å²) >= 11 is 10.6. The van der Waals surface area contributed by atoms with Crippen LogP contribution in [-0.4, -0.2) is 6.61 Å². The van der Waals surface area contributed by atoms with Gasteiger partial charge in [0.05, 0.1) is 6.61 Å². The topological polar surface area (TPSA) is 18.5 Å². The lowest BCUT2D eigenvalue weighted by molar-refractivity contribution is 0.291. The highest BCUT2D eigenvalue weighted by atomic mass is 79.9. The largest absolute Gasteiger partial charge is 0.493 e. The van der Waals surface area contributed by atoms with Crippen LogP contribution in [0.2, 0.25) is 0 Å². The first-order valence-corrected chi connectivity index (χ1v) is 9.29. The molecule has 21 heavy (non-hydrogen) atoms. The number of hydrogen-bond donors (Lipinski definition) is 0. The van der Waals surface area contributed by atoms with Crippen LogP contribution in [0.3, 0.4) is 0 Å². The van der Waals surface area contributed by atoms with Gasteiger partial charge >= 0.3 is 0 Å². The fraction of sp³-hybridized carbons (Fsp3) is 0.250. The van der Waals surface area contributed by atoms with Crippen LogP contribution in [-0.2, 0) is 18.4 Å². The lowest BCUT2D eigenvalue weighted by Gasteiger charge is -2.12. The van der Waals surface area contributed by atoms with Crippen LogP contribution in [0.4, 0.5) is 0 Å². The number of benzene rings is 2. The lowest BCUT2D eigenvalue weighted by Crippen LogP contribution is -1.99. The Balaban J connectivity index is 1.79. The Morgan fingerprint density at radius 2 is 1.95 bits per heavy atom.